The number of hydrogen-bond donors (Lipinski definition) is 2. The van der Waals surface area contributed by atoms with Gasteiger partial charge in [-0.15, -0.1) is 0 Å². The van der Waals surface area contributed by atoms with Crippen molar-refractivity contribution in [2.75, 3.05) is 10.6 Å². The predicted molar refractivity (Wildman–Crippen MR) is 119 cm³/mol. The molecule has 31 heavy (non-hydrogen) atoms. The fraction of sp³-hybridized carbons (Fsp3) is 0.280. The molecule has 0 atom stereocenters. The molecule has 3 aromatic rings. The summed E-state index contributed by atoms with van der Waals surface area (Å²) in [5, 5.41) is 15.9. The third-order valence-electron chi connectivity index (χ3n) is 5.93. The van der Waals surface area contributed by atoms with Crippen molar-refractivity contribution >= 4 is 17.4 Å². The van der Waals surface area contributed by atoms with E-state index in [-0.39, 0.29) is 11.3 Å². The van der Waals surface area contributed by atoms with Crippen molar-refractivity contribution in [3.63, 3.8) is 0 Å². The van der Waals surface area contributed by atoms with E-state index in [9.17, 15) is 10.1 Å². The maximum atomic E-state index is 12.9. The van der Waals surface area contributed by atoms with E-state index in [2.05, 4.69) is 21.7 Å². The van der Waals surface area contributed by atoms with Crippen LogP contribution in [0.5, 0.6) is 0 Å². The highest BCUT2D eigenvalue weighted by Crippen LogP contribution is 2.40. The van der Waals surface area contributed by atoms with E-state index in [1.807, 2.05) is 60.4 Å². The number of pyridine rings is 2. The molecule has 1 aromatic carbocycles. The van der Waals surface area contributed by atoms with E-state index in [4.69, 9.17) is 0 Å². The Kier molecular flexibility index (Phi) is 5.94. The number of hydrogen-bond acceptors (Lipinski definition) is 4. The van der Waals surface area contributed by atoms with Crippen molar-refractivity contribution in [3.8, 4) is 6.07 Å². The smallest absolute Gasteiger partial charge is 0.259 e. The van der Waals surface area contributed by atoms with Gasteiger partial charge < -0.3 is 10.6 Å². The molecule has 6 heteroatoms. The normalized spacial score (nSPS) is 14.6. The van der Waals surface area contributed by atoms with Gasteiger partial charge in [-0.2, -0.15) is 5.26 Å². The molecule has 0 unspecified atom stereocenters. The molecule has 6 nitrogen and oxygen atoms in total. The summed E-state index contributed by atoms with van der Waals surface area (Å²) in [5.41, 5.74) is 2.94. The first kappa shape index (κ1) is 20.5. The molecule has 2 aromatic heterocycles. The Morgan fingerprint density at radius 3 is 2.52 bits per heavy atom. The summed E-state index contributed by atoms with van der Waals surface area (Å²) in [6.45, 7) is 0.572. The minimum atomic E-state index is -0.378. The maximum Gasteiger partial charge on any atom is 0.259 e. The first-order valence-corrected chi connectivity index (χ1v) is 10.6. The molecule has 0 bridgehead atoms. The summed E-state index contributed by atoms with van der Waals surface area (Å²) >= 11 is 0. The number of aromatic nitrogens is 2. The molecule has 1 saturated carbocycles. The number of carbonyl (C=O) groups is 1. The van der Waals surface area contributed by atoms with Crippen molar-refractivity contribution in [2.24, 2.45) is 7.05 Å². The number of amides is 1. The fourth-order valence-electron chi connectivity index (χ4n) is 4.08. The average molecular weight is 413 g/mol. The maximum absolute atomic E-state index is 12.9. The molecule has 0 radical (unpaired) electrons. The number of benzene rings is 1. The van der Waals surface area contributed by atoms with Crippen LogP contribution in [0.25, 0.3) is 0 Å². The molecule has 156 valence electrons. The summed E-state index contributed by atoms with van der Waals surface area (Å²) in [6, 6.07) is 17.7. The summed E-state index contributed by atoms with van der Waals surface area (Å²) in [5.74, 6) is 0.318. The average Bonchev–Trinajstić information content (AvgIpc) is 3.30. The van der Waals surface area contributed by atoms with Gasteiger partial charge in [-0.25, -0.2) is 9.55 Å². The number of nitrogens with one attached hydrogen (secondary N) is 2. The van der Waals surface area contributed by atoms with Crippen LogP contribution in [-0.2, 0) is 19.0 Å². The topological polar surface area (TPSA) is 81.7 Å². The molecule has 1 fully saturated rings. The van der Waals surface area contributed by atoms with Crippen molar-refractivity contribution in [3.05, 3.63) is 83.8 Å². The zero-order valence-corrected chi connectivity index (χ0v) is 17.6. The van der Waals surface area contributed by atoms with E-state index in [0.717, 1.165) is 36.8 Å². The van der Waals surface area contributed by atoms with Gasteiger partial charge in [0.2, 0.25) is 0 Å². The van der Waals surface area contributed by atoms with Crippen molar-refractivity contribution in [1.29, 1.82) is 5.26 Å². The Hall–Kier alpha value is -3.72. The van der Waals surface area contributed by atoms with Gasteiger partial charge in [0, 0.05) is 30.6 Å². The Morgan fingerprint density at radius 2 is 1.84 bits per heavy atom. The molecule has 1 amide bonds. The highest BCUT2D eigenvalue weighted by Gasteiger charge is 2.35. The molecule has 0 aliphatic heterocycles. The van der Waals surface area contributed by atoms with E-state index in [1.165, 1.54) is 0 Å². The van der Waals surface area contributed by atoms with Crippen LogP contribution in [0.15, 0.2) is 67.1 Å². The quantitative estimate of drug-likeness (QED) is 0.597. The summed E-state index contributed by atoms with van der Waals surface area (Å²) in [4.78, 5) is 17.3. The molecule has 2 N–H and O–H groups in total. The monoisotopic (exact) mass is 412 g/mol. The number of carbonyl (C=O) groups excluding carboxylic acids is 1. The zero-order chi connectivity index (χ0) is 21.7. The number of nitriles is 1. The molecule has 1 aliphatic rings. The Morgan fingerprint density at radius 1 is 1.13 bits per heavy atom. The van der Waals surface area contributed by atoms with Crippen molar-refractivity contribution in [1.82, 2.24) is 4.98 Å². The summed E-state index contributed by atoms with van der Waals surface area (Å²) in [6.07, 6.45) is 9.61. The van der Waals surface area contributed by atoms with Crippen LogP contribution in [0.3, 0.4) is 0 Å². The molecular formula is C25H26N5O+. The second-order valence-corrected chi connectivity index (χ2v) is 8.06. The van der Waals surface area contributed by atoms with Crippen LogP contribution < -0.4 is 15.2 Å². The van der Waals surface area contributed by atoms with Crippen LogP contribution >= 0.6 is 0 Å². The van der Waals surface area contributed by atoms with Gasteiger partial charge in [0.1, 0.15) is 12.9 Å². The minimum absolute atomic E-state index is 0.223. The lowest BCUT2D eigenvalue weighted by Gasteiger charge is -2.21. The molecule has 1 aliphatic carbocycles. The predicted octanol–water partition coefficient (Wildman–Crippen LogP) is 4.11. The molecule has 4 rings (SSSR count). The molecule has 0 saturated heterocycles. The van der Waals surface area contributed by atoms with Gasteiger partial charge in [-0.1, -0.05) is 25.0 Å². The van der Waals surface area contributed by atoms with Crippen LogP contribution in [0.2, 0.25) is 0 Å². The standard InChI is InChI=1S/C25H25N5O/c1-30-15-10-19(11-16-30)17-28-23-22(5-4-14-27-23)24(31)29-21-8-6-20(7-9-21)25(18-26)12-2-3-13-25/h4-11,14-16H,2-3,12-13,17H2,1H3,(H-,27,28,29,31)/p+1. The fourth-order valence-corrected chi connectivity index (χ4v) is 4.08. The molecule has 0 spiro atoms. The largest absolute Gasteiger partial charge is 0.365 e. The van der Waals surface area contributed by atoms with Gasteiger partial charge in [0.15, 0.2) is 12.4 Å². The lowest BCUT2D eigenvalue weighted by atomic mass is 9.80. The lowest BCUT2D eigenvalue weighted by Crippen LogP contribution is -2.26. The van der Waals surface area contributed by atoms with Gasteiger partial charge >= 0.3 is 0 Å². The van der Waals surface area contributed by atoms with Gasteiger partial charge in [-0.3, -0.25) is 4.79 Å². The number of anilines is 2. The molecular weight excluding hydrogens is 386 g/mol. The number of aryl methyl sites for hydroxylation is 1. The first-order valence-electron chi connectivity index (χ1n) is 10.6. The Bertz CT molecular complexity index is 1090. The second kappa shape index (κ2) is 8.97. The Labute approximate surface area is 182 Å². The highest BCUT2D eigenvalue weighted by molar-refractivity contribution is 6.07. The van der Waals surface area contributed by atoms with Gasteiger partial charge in [0.25, 0.3) is 5.91 Å². The lowest BCUT2D eigenvalue weighted by molar-refractivity contribution is -0.671. The minimum Gasteiger partial charge on any atom is -0.365 e. The van der Waals surface area contributed by atoms with Crippen LogP contribution in [-0.4, -0.2) is 10.9 Å². The van der Waals surface area contributed by atoms with E-state index in [1.54, 1.807) is 18.3 Å². The van der Waals surface area contributed by atoms with Gasteiger partial charge in [-0.05, 0) is 48.2 Å². The van der Waals surface area contributed by atoms with E-state index in [0.29, 0.717) is 23.6 Å². The van der Waals surface area contributed by atoms with Crippen LogP contribution in [0, 0.1) is 11.3 Å². The highest BCUT2D eigenvalue weighted by atomic mass is 16.1. The zero-order valence-electron chi connectivity index (χ0n) is 17.6. The number of nitrogens with zero attached hydrogens (tertiary/aromatic N) is 3. The van der Waals surface area contributed by atoms with Crippen molar-refractivity contribution in [2.45, 2.75) is 37.6 Å². The van der Waals surface area contributed by atoms with Gasteiger partial charge in [0.05, 0.1) is 17.0 Å². The summed E-state index contributed by atoms with van der Waals surface area (Å²) in [7, 11) is 1.97. The second-order valence-electron chi connectivity index (χ2n) is 8.06. The summed E-state index contributed by atoms with van der Waals surface area (Å²) < 4.78 is 1.97. The third-order valence-corrected chi connectivity index (χ3v) is 5.93. The first-order chi connectivity index (χ1) is 15.1. The SMILES string of the molecule is C[n+]1ccc(CNc2ncccc2C(=O)Nc2ccc(C3(C#N)CCCC3)cc2)cc1. The third kappa shape index (κ3) is 4.56. The number of rotatable bonds is 6. The van der Waals surface area contributed by atoms with Crippen molar-refractivity contribution < 1.29 is 9.36 Å². The molecule has 2 heterocycles. The van der Waals surface area contributed by atoms with Crippen LogP contribution in [0.1, 0.15) is 47.2 Å². The van der Waals surface area contributed by atoms with E-state index >= 15 is 0 Å². The van der Waals surface area contributed by atoms with E-state index < -0.39 is 0 Å². The van der Waals surface area contributed by atoms with Crippen LogP contribution in [0.4, 0.5) is 11.5 Å². The Balaban J connectivity index is 1.45.